The maximum absolute atomic E-state index is 12.9. The van der Waals surface area contributed by atoms with Crippen molar-refractivity contribution in [2.45, 2.75) is 44.9 Å². The molecule has 0 atom stereocenters. The number of anilines is 1. The Labute approximate surface area is 131 Å². The minimum Gasteiger partial charge on any atom is -0.465 e. The molecule has 0 bridgehead atoms. The van der Waals surface area contributed by atoms with Crippen LogP contribution >= 0.6 is 0 Å². The summed E-state index contributed by atoms with van der Waals surface area (Å²) in [6.07, 6.45) is 7.28. The van der Waals surface area contributed by atoms with E-state index in [2.05, 4.69) is 0 Å². The van der Waals surface area contributed by atoms with Crippen LogP contribution in [0.5, 0.6) is 0 Å². The predicted octanol–water partition coefficient (Wildman–Crippen LogP) is 3.33. The Bertz CT molecular complexity index is 576. The van der Waals surface area contributed by atoms with Gasteiger partial charge in [-0.1, -0.05) is 25.3 Å². The van der Waals surface area contributed by atoms with E-state index in [4.69, 9.17) is 4.74 Å². The molecule has 1 aliphatic carbocycles. The summed E-state index contributed by atoms with van der Waals surface area (Å²) in [5.41, 5.74) is 2.47. The van der Waals surface area contributed by atoms with Gasteiger partial charge in [0.1, 0.15) is 0 Å². The van der Waals surface area contributed by atoms with Crippen LogP contribution in [0.4, 0.5) is 5.69 Å². The molecule has 0 N–H and O–H groups in total. The van der Waals surface area contributed by atoms with Gasteiger partial charge in [0.2, 0.25) is 5.91 Å². The van der Waals surface area contributed by atoms with Gasteiger partial charge in [-0.25, -0.2) is 4.79 Å². The number of carbonyl (C=O) groups excluding carboxylic acids is 2. The third kappa shape index (κ3) is 2.74. The Morgan fingerprint density at radius 2 is 1.91 bits per heavy atom. The lowest BCUT2D eigenvalue weighted by atomic mass is 9.87. The number of hydrogen-bond acceptors (Lipinski definition) is 3. The summed E-state index contributed by atoms with van der Waals surface area (Å²) in [6.45, 7) is 0.757. The van der Waals surface area contributed by atoms with Crippen molar-refractivity contribution in [1.82, 2.24) is 0 Å². The summed E-state index contributed by atoms with van der Waals surface area (Å²) in [6, 6.07) is 5.60. The number of carbonyl (C=O) groups is 2. The average molecular weight is 301 g/mol. The minimum atomic E-state index is -0.316. The number of hydrogen-bond donors (Lipinski definition) is 0. The summed E-state index contributed by atoms with van der Waals surface area (Å²) >= 11 is 0. The molecule has 118 valence electrons. The fraction of sp³-hybridized carbons (Fsp3) is 0.556. The fourth-order valence-electron chi connectivity index (χ4n) is 3.72. The zero-order valence-corrected chi connectivity index (χ0v) is 13.1. The Morgan fingerprint density at radius 3 is 2.64 bits per heavy atom. The van der Waals surface area contributed by atoms with Gasteiger partial charge in [-0.15, -0.1) is 0 Å². The number of methoxy groups -OCH3 is 1. The highest BCUT2D eigenvalue weighted by Crippen LogP contribution is 2.34. The molecule has 0 saturated heterocycles. The van der Waals surface area contributed by atoms with Gasteiger partial charge in [-0.05, 0) is 43.4 Å². The van der Waals surface area contributed by atoms with E-state index in [0.717, 1.165) is 56.3 Å². The first-order valence-electron chi connectivity index (χ1n) is 8.24. The fourth-order valence-corrected chi connectivity index (χ4v) is 3.72. The molecule has 4 heteroatoms. The number of ether oxygens (including phenoxy) is 1. The first-order chi connectivity index (χ1) is 10.7. The van der Waals surface area contributed by atoms with Crippen LogP contribution in [-0.4, -0.2) is 25.5 Å². The standard InChI is InChI=1S/C18H23NO3/c1-22-18(21)15-9-5-11-16-14(15)10-6-12-19(16)17(20)13-7-3-2-4-8-13/h5,9,11,13H,2-4,6-8,10,12H2,1H3. The highest BCUT2D eigenvalue weighted by atomic mass is 16.5. The predicted molar refractivity (Wildman–Crippen MR) is 85.0 cm³/mol. The molecular weight excluding hydrogens is 278 g/mol. The van der Waals surface area contributed by atoms with Crippen LogP contribution in [0.1, 0.15) is 54.4 Å². The van der Waals surface area contributed by atoms with Crippen LogP contribution in [-0.2, 0) is 16.0 Å². The van der Waals surface area contributed by atoms with E-state index in [9.17, 15) is 9.59 Å². The summed E-state index contributed by atoms with van der Waals surface area (Å²) in [5.74, 6) is 0.0768. The molecule has 0 radical (unpaired) electrons. The molecule has 1 saturated carbocycles. The summed E-state index contributed by atoms with van der Waals surface area (Å²) in [4.78, 5) is 26.7. The van der Waals surface area contributed by atoms with Crippen molar-refractivity contribution in [3.8, 4) is 0 Å². The molecule has 0 unspecified atom stereocenters. The quantitative estimate of drug-likeness (QED) is 0.787. The molecule has 4 nitrogen and oxygen atoms in total. The van der Waals surface area contributed by atoms with Crippen molar-refractivity contribution in [1.29, 1.82) is 0 Å². The molecular formula is C18H23NO3. The maximum Gasteiger partial charge on any atom is 0.338 e. The Kier molecular flexibility index (Phi) is 4.46. The minimum absolute atomic E-state index is 0.154. The van der Waals surface area contributed by atoms with Crippen LogP contribution in [0.2, 0.25) is 0 Å². The lowest BCUT2D eigenvalue weighted by Gasteiger charge is -2.34. The topological polar surface area (TPSA) is 46.6 Å². The van der Waals surface area contributed by atoms with E-state index < -0.39 is 0 Å². The highest BCUT2D eigenvalue weighted by Gasteiger charge is 2.31. The van der Waals surface area contributed by atoms with Crippen molar-refractivity contribution >= 4 is 17.6 Å². The van der Waals surface area contributed by atoms with E-state index in [1.165, 1.54) is 13.5 Å². The SMILES string of the molecule is COC(=O)c1cccc2c1CCCN2C(=O)C1CCCCC1. The van der Waals surface area contributed by atoms with E-state index in [-0.39, 0.29) is 17.8 Å². The Morgan fingerprint density at radius 1 is 1.14 bits per heavy atom. The number of nitrogens with zero attached hydrogens (tertiary/aromatic N) is 1. The third-order valence-corrected chi connectivity index (χ3v) is 4.88. The second-order valence-corrected chi connectivity index (χ2v) is 6.22. The summed E-state index contributed by atoms with van der Waals surface area (Å²) in [5, 5.41) is 0. The van der Waals surface area contributed by atoms with Crippen LogP contribution in [0.25, 0.3) is 0 Å². The molecule has 0 spiro atoms. The third-order valence-electron chi connectivity index (χ3n) is 4.88. The molecule has 1 aromatic carbocycles. The Balaban J connectivity index is 1.91. The number of rotatable bonds is 2. The molecule has 1 aromatic rings. The second kappa shape index (κ2) is 6.51. The van der Waals surface area contributed by atoms with Crippen molar-refractivity contribution in [2.24, 2.45) is 5.92 Å². The zero-order valence-electron chi connectivity index (χ0n) is 13.1. The molecule has 1 fully saturated rings. The zero-order chi connectivity index (χ0) is 15.5. The van der Waals surface area contributed by atoms with Crippen LogP contribution in [0, 0.1) is 5.92 Å². The number of benzene rings is 1. The molecule has 1 aliphatic heterocycles. The van der Waals surface area contributed by atoms with E-state index in [1.807, 2.05) is 17.0 Å². The van der Waals surface area contributed by atoms with Crippen LogP contribution in [0.15, 0.2) is 18.2 Å². The first-order valence-corrected chi connectivity index (χ1v) is 8.24. The molecule has 1 heterocycles. The van der Waals surface area contributed by atoms with Crippen molar-refractivity contribution in [3.63, 3.8) is 0 Å². The molecule has 2 aliphatic rings. The Hall–Kier alpha value is -1.84. The highest BCUT2D eigenvalue weighted by molar-refractivity contribution is 5.99. The van der Waals surface area contributed by atoms with Gasteiger partial charge in [-0.2, -0.15) is 0 Å². The normalized spacial score (nSPS) is 18.7. The number of esters is 1. The monoisotopic (exact) mass is 301 g/mol. The molecule has 0 aromatic heterocycles. The molecule has 1 amide bonds. The van der Waals surface area contributed by atoms with Crippen molar-refractivity contribution in [3.05, 3.63) is 29.3 Å². The van der Waals surface area contributed by atoms with Gasteiger partial charge in [-0.3, -0.25) is 4.79 Å². The van der Waals surface area contributed by atoms with E-state index >= 15 is 0 Å². The summed E-state index contributed by atoms with van der Waals surface area (Å²) in [7, 11) is 1.40. The van der Waals surface area contributed by atoms with Crippen molar-refractivity contribution in [2.75, 3.05) is 18.6 Å². The van der Waals surface area contributed by atoms with Gasteiger partial charge in [0, 0.05) is 18.2 Å². The van der Waals surface area contributed by atoms with Gasteiger partial charge in [0.05, 0.1) is 12.7 Å². The van der Waals surface area contributed by atoms with Crippen molar-refractivity contribution < 1.29 is 14.3 Å². The van der Waals surface area contributed by atoms with Gasteiger partial charge in [0.25, 0.3) is 0 Å². The lowest BCUT2D eigenvalue weighted by Crippen LogP contribution is -2.40. The smallest absolute Gasteiger partial charge is 0.338 e. The largest absolute Gasteiger partial charge is 0.465 e. The van der Waals surface area contributed by atoms with Gasteiger partial charge < -0.3 is 9.64 Å². The second-order valence-electron chi connectivity index (χ2n) is 6.22. The van der Waals surface area contributed by atoms with Crippen LogP contribution < -0.4 is 4.90 Å². The van der Waals surface area contributed by atoms with Gasteiger partial charge in [0.15, 0.2) is 0 Å². The first kappa shape index (κ1) is 15.1. The lowest BCUT2D eigenvalue weighted by molar-refractivity contribution is -0.123. The molecule has 22 heavy (non-hydrogen) atoms. The number of amides is 1. The summed E-state index contributed by atoms with van der Waals surface area (Å²) < 4.78 is 4.87. The van der Waals surface area contributed by atoms with E-state index in [1.54, 1.807) is 6.07 Å². The van der Waals surface area contributed by atoms with Gasteiger partial charge >= 0.3 is 5.97 Å². The van der Waals surface area contributed by atoms with E-state index in [0.29, 0.717) is 5.56 Å². The molecule has 3 rings (SSSR count). The number of fused-ring (bicyclic) bond motifs is 1. The average Bonchev–Trinajstić information content (AvgIpc) is 2.60. The maximum atomic E-state index is 12.9. The van der Waals surface area contributed by atoms with Crippen LogP contribution in [0.3, 0.4) is 0 Å².